The lowest BCUT2D eigenvalue weighted by molar-refractivity contribution is 0.877. The third kappa shape index (κ3) is 2.71. The molecule has 2 aromatic rings. The summed E-state index contributed by atoms with van der Waals surface area (Å²) in [7, 11) is 1.97. The molecular formula is C12H13ClN4. The Balaban J connectivity index is 2.20. The lowest BCUT2D eigenvalue weighted by atomic mass is 10.2. The SMILES string of the molecule is Cc1c(Cl)ncnc1N(C)Cc1cccnc1. The number of pyridine rings is 1. The van der Waals surface area contributed by atoms with Crippen molar-refractivity contribution in [2.75, 3.05) is 11.9 Å². The molecule has 0 amide bonds. The molecule has 88 valence electrons. The normalized spacial score (nSPS) is 10.3. The number of nitrogens with zero attached hydrogens (tertiary/aromatic N) is 4. The van der Waals surface area contributed by atoms with Crippen molar-refractivity contribution >= 4 is 17.4 Å². The van der Waals surface area contributed by atoms with Gasteiger partial charge in [-0.3, -0.25) is 4.98 Å². The molecule has 0 saturated carbocycles. The Morgan fingerprint density at radius 3 is 2.88 bits per heavy atom. The van der Waals surface area contributed by atoms with Gasteiger partial charge in [-0.05, 0) is 18.6 Å². The van der Waals surface area contributed by atoms with E-state index in [4.69, 9.17) is 11.6 Å². The van der Waals surface area contributed by atoms with Crippen molar-refractivity contribution in [1.29, 1.82) is 0 Å². The molecule has 0 atom stereocenters. The van der Waals surface area contributed by atoms with E-state index in [1.165, 1.54) is 6.33 Å². The van der Waals surface area contributed by atoms with Crippen molar-refractivity contribution in [3.63, 3.8) is 0 Å². The smallest absolute Gasteiger partial charge is 0.137 e. The molecule has 2 aromatic heterocycles. The van der Waals surface area contributed by atoms with Crippen molar-refractivity contribution in [1.82, 2.24) is 15.0 Å². The molecule has 0 aromatic carbocycles. The fourth-order valence-corrected chi connectivity index (χ4v) is 1.77. The summed E-state index contributed by atoms with van der Waals surface area (Å²) in [5.74, 6) is 0.842. The van der Waals surface area contributed by atoms with Crippen LogP contribution >= 0.6 is 11.6 Å². The van der Waals surface area contributed by atoms with Crippen LogP contribution in [-0.4, -0.2) is 22.0 Å². The topological polar surface area (TPSA) is 41.9 Å². The Morgan fingerprint density at radius 2 is 2.18 bits per heavy atom. The van der Waals surface area contributed by atoms with Crippen LogP contribution in [0.3, 0.4) is 0 Å². The van der Waals surface area contributed by atoms with Gasteiger partial charge in [0.2, 0.25) is 0 Å². The van der Waals surface area contributed by atoms with Gasteiger partial charge < -0.3 is 4.90 Å². The van der Waals surface area contributed by atoms with E-state index in [-0.39, 0.29) is 0 Å². The summed E-state index contributed by atoms with van der Waals surface area (Å²) in [6.07, 6.45) is 5.08. The maximum absolute atomic E-state index is 5.97. The molecule has 0 N–H and O–H groups in total. The molecule has 17 heavy (non-hydrogen) atoms. The van der Waals surface area contributed by atoms with Gasteiger partial charge in [0.05, 0.1) is 0 Å². The number of rotatable bonds is 3. The van der Waals surface area contributed by atoms with Crippen LogP contribution in [0.15, 0.2) is 30.9 Å². The molecule has 0 fully saturated rings. The highest BCUT2D eigenvalue weighted by molar-refractivity contribution is 6.30. The van der Waals surface area contributed by atoms with Crippen molar-refractivity contribution in [3.8, 4) is 0 Å². The zero-order valence-electron chi connectivity index (χ0n) is 9.76. The minimum Gasteiger partial charge on any atom is -0.355 e. The van der Waals surface area contributed by atoms with E-state index < -0.39 is 0 Å². The summed E-state index contributed by atoms with van der Waals surface area (Å²) in [6, 6.07) is 3.95. The minimum atomic E-state index is 0.494. The Hall–Kier alpha value is -1.68. The molecule has 0 aliphatic rings. The van der Waals surface area contributed by atoms with Crippen LogP contribution in [0.25, 0.3) is 0 Å². The second-order valence-corrected chi connectivity index (χ2v) is 4.19. The summed E-state index contributed by atoms with van der Waals surface area (Å²) in [6.45, 7) is 2.65. The van der Waals surface area contributed by atoms with Crippen LogP contribution in [0.4, 0.5) is 5.82 Å². The zero-order valence-corrected chi connectivity index (χ0v) is 10.5. The lowest BCUT2D eigenvalue weighted by Crippen LogP contribution is -2.19. The van der Waals surface area contributed by atoms with Crippen molar-refractivity contribution in [3.05, 3.63) is 47.1 Å². The van der Waals surface area contributed by atoms with E-state index in [2.05, 4.69) is 15.0 Å². The highest BCUT2D eigenvalue weighted by Crippen LogP contribution is 2.21. The second kappa shape index (κ2) is 5.10. The molecule has 5 heteroatoms. The molecule has 0 spiro atoms. The Labute approximate surface area is 105 Å². The summed E-state index contributed by atoms with van der Waals surface area (Å²) < 4.78 is 0. The molecule has 0 aliphatic carbocycles. The second-order valence-electron chi connectivity index (χ2n) is 3.83. The predicted molar refractivity (Wildman–Crippen MR) is 68.1 cm³/mol. The first-order valence-corrected chi connectivity index (χ1v) is 5.63. The Kier molecular flexibility index (Phi) is 3.54. The molecule has 0 unspecified atom stereocenters. The zero-order chi connectivity index (χ0) is 12.3. The first-order chi connectivity index (χ1) is 8.18. The van der Waals surface area contributed by atoms with Gasteiger partial charge in [0.25, 0.3) is 0 Å². The highest BCUT2D eigenvalue weighted by atomic mass is 35.5. The number of halogens is 1. The Morgan fingerprint density at radius 1 is 1.35 bits per heavy atom. The number of anilines is 1. The summed E-state index contributed by atoms with van der Waals surface area (Å²) >= 11 is 5.97. The maximum atomic E-state index is 5.97. The van der Waals surface area contributed by atoms with Crippen molar-refractivity contribution in [2.45, 2.75) is 13.5 Å². The summed E-state index contributed by atoms with van der Waals surface area (Å²) in [5, 5.41) is 0.494. The molecular weight excluding hydrogens is 236 g/mol. The fourth-order valence-electron chi connectivity index (χ4n) is 1.65. The lowest BCUT2D eigenvalue weighted by Gasteiger charge is -2.19. The molecule has 0 saturated heterocycles. The molecule has 2 heterocycles. The molecule has 0 bridgehead atoms. The van der Waals surface area contributed by atoms with E-state index in [0.717, 1.165) is 23.5 Å². The monoisotopic (exact) mass is 248 g/mol. The van der Waals surface area contributed by atoms with Gasteiger partial charge in [-0.25, -0.2) is 9.97 Å². The third-order valence-corrected chi connectivity index (χ3v) is 2.88. The van der Waals surface area contributed by atoms with Crippen LogP contribution in [0.5, 0.6) is 0 Å². The highest BCUT2D eigenvalue weighted by Gasteiger charge is 2.09. The van der Waals surface area contributed by atoms with Crippen LogP contribution in [0.1, 0.15) is 11.1 Å². The quantitative estimate of drug-likeness (QED) is 0.783. The van der Waals surface area contributed by atoms with Gasteiger partial charge in [-0.1, -0.05) is 17.7 Å². The van der Waals surface area contributed by atoms with Crippen LogP contribution < -0.4 is 4.90 Å². The average molecular weight is 249 g/mol. The number of aromatic nitrogens is 3. The van der Waals surface area contributed by atoms with Gasteiger partial charge >= 0.3 is 0 Å². The van der Waals surface area contributed by atoms with Crippen LogP contribution in [0.2, 0.25) is 5.15 Å². The summed E-state index contributed by atoms with van der Waals surface area (Å²) in [5.41, 5.74) is 2.02. The van der Waals surface area contributed by atoms with E-state index in [1.807, 2.05) is 37.2 Å². The average Bonchev–Trinajstić information content (AvgIpc) is 2.34. The van der Waals surface area contributed by atoms with Gasteiger partial charge in [0, 0.05) is 31.5 Å². The van der Waals surface area contributed by atoms with Gasteiger partial charge in [-0.15, -0.1) is 0 Å². The molecule has 2 rings (SSSR count). The standard InChI is InChI=1S/C12H13ClN4/c1-9-11(13)15-8-16-12(9)17(2)7-10-4-3-5-14-6-10/h3-6,8H,7H2,1-2H3. The first kappa shape index (κ1) is 11.8. The van der Waals surface area contributed by atoms with E-state index in [0.29, 0.717) is 5.15 Å². The fraction of sp³-hybridized carbons (Fsp3) is 0.250. The van der Waals surface area contributed by atoms with E-state index >= 15 is 0 Å². The number of hydrogen-bond acceptors (Lipinski definition) is 4. The van der Waals surface area contributed by atoms with Crippen LogP contribution in [0, 0.1) is 6.92 Å². The van der Waals surface area contributed by atoms with E-state index in [1.54, 1.807) is 6.20 Å². The molecule has 0 radical (unpaired) electrons. The van der Waals surface area contributed by atoms with Gasteiger partial charge in [-0.2, -0.15) is 0 Å². The first-order valence-electron chi connectivity index (χ1n) is 5.25. The van der Waals surface area contributed by atoms with Crippen molar-refractivity contribution in [2.24, 2.45) is 0 Å². The van der Waals surface area contributed by atoms with Gasteiger partial charge in [0.1, 0.15) is 17.3 Å². The molecule has 0 aliphatic heterocycles. The predicted octanol–water partition coefficient (Wildman–Crippen LogP) is 2.47. The Bertz CT molecular complexity index is 501. The van der Waals surface area contributed by atoms with Gasteiger partial charge in [0.15, 0.2) is 0 Å². The minimum absolute atomic E-state index is 0.494. The van der Waals surface area contributed by atoms with Crippen molar-refractivity contribution < 1.29 is 0 Å². The summed E-state index contributed by atoms with van der Waals surface area (Å²) in [4.78, 5) is 14.3. The van der Waals surface area contributed by atoms with Crippen LogP contribution in [-0.2, 0) is 6.54 Å². The maximum Gasteiger partial charge on any atom is 0.137 e. The van der Waals surface area contributed by atoms with E-state index in [9.17, 15) is 0 Å². The number of hydrogen-bond donors (Lipinski definition) is 0. The molecule has 4 nitrogen and oxygen atoms in total. The largest absolute Gasteiger partial charge is 0.355 e. The third-order valence-electron chi connectivity index (χ3n) is 2.50.